The zero-order valence-corrected chi connectivity index (χ0v) is 19.2. The Labute approximate surface area is 181 Å². The highest BCUT2D eigenvalue weighted by Crippen LogP contribution is 2.49. The fourth-order valence-corrected chi connectivity index (χ4v) is 7.44. The molecule has 0 aromatic rings. The van der Waals surface area contributed by atoms with Gasteiger partial charge in [0.15, 0.2) is 0 Å². The Hall–Kier alpha value is -0.700. The van der Waals surface area contributed by atoms with Crippen LogP contribution in [-0.4, -0.2) is 0 Å². The molecular formula is C29H46. The molecule has 0 aliphatic heterocycles. The molecule has 0 heteroatoms. The second kappa shape index (κ2) is 10.6. The van der Waals surface area contributed by atoms with E-state index in [1.807, 2.05) is 0 Å². The summed E-state index contributed by atoms with van der Waals surface area (Å²) in [4.78, 5) is 0. The zero-order chi connectivity index (χ0) is 20.1. The first-order valence-electron chi connectivity index (χ1n) is 13.3. The van der Waals surface area contributed by atoms with Gasteiger partial charge in [-0.15, -0.1) is 6.58 Å². The quantitative estimate of drug-likeness (QED) is 0.331. The molecule has 0 bridgehead atoms. The van der Waals surface area contributed by atoms with Gasteiger partial charge in [-0.2, -0.15) is 0 Å². The SMILES string of the molecule is C=CCCC1CCC2CC(C3CCC(C#CC4CCC(C)CC4)CC3)CCC2C1. The van der Waals surface area contributed by atoms with Gasteiger partial charge in [0, 0.05) is 11.8 Å². The van der Waals surface area contributed by atoms with Crippen LogP contribution in [0.15, 0.2) is 12.7 Å². The maximum Gasteiger partial charge on any atom is 0.0203 e. The van der Waals surface area contributed by atoms with E-state index in [2.05, 4.69) is 31.4 Å². The van der Waals surface area contributed by atoms with Crippen LogP contribution in [-0.2, 0) is 0 Å². The molecule has 4 unspecified atom stereocenters. The van der Waals surface area contributed by atoms with Gasteiger partial charge in [0.25, 0.3) is 0 Å². The Morgan fingerprint density at radius 3 is 1.83 bits per heavy atom. The lowest BCUT2D eigenvalue weighted by Crippen LogP contribution is -2.34. The molecule has 4 saturated carbocycles. The van der Waals surface area contributed by atoms with E-state index in [0.717, 1.165) is 47.3 Å². The highest BCUT2D eigenvalue weighted by molar-refractivity contribution is 5.09. The minimum Gasteiger partial charge on any atom is -0.103 e. The minimum absolute atomic E-state index is 0.723. The zero-order valence-electron chi connectivity index (χ0n) is 19.2. The molecule has 0 amide bonds. The number of hydrogen-bond donors (Lipinski definition) is 0. The van der Waals surface area contributed by atoms with Crippen LogP contribution in [0.4, 0.5) is 0 Å². The van der Waals surface area contributed by atoms with Gasteiger partial charge in [-0.25, -0.2) is 0 Å². The molecule has 0 spiro atoms. The van der Waals surface area contributed by atoms with E-state index in [1.54, 1.807) is 12.8 Å². The molecule has 0 radical (unpaired) electrons. The lowest BCUT2D eigenvalue weighted by molar-refractivity contribution is 0.0613. The van der Waals surface area contributed by atoms with E-state index >= 15 is 0 Å². The van der Waals surface area contributed by atoms with Crippen molar-refractivity contribution in [2.75, 3.05) is 0 Å². The molecule has 0 N–H and O–H groups in total. The van der Waals surface area contributed by atoms with E-state index in [1.165, 1.54) is 89.9 Å². The van der Waals surface area contributed by atoms with E-state index < -0.39 is 0 Å². The Bertz CT molecular complexity index is 561. The molecule has 0 aromatic heterocycles. The second-order valence-corrected chi connectivity index (χ2v) is 11.5. The lowest BCUT2D eigenvalue weighted by Gasteiger charge is -2.45. The summed E-state index contributed by atoms with van der Waals surface area (Å²) < 4.78 is 0. The maximum atomic E-state index is 3.92. The van der Waals surface area contributed by atoms with Crippen molar-refractivity contribution in [1.82, 2.24) is 0 Å². The molecule has 0 heterocycles. The van der Waals surface area contributed by atoms with Crippen LogP contribution in [0.25, 0.3) is 0 Å². The summed E-state index contributed by atoms with van der Waals surface area (Å²) in [5.41, 5.74) is 0. The smallest absolute Gasteiger partial charge is 0.0203 e. The summed E-state index contributed by atoms with van der Waals surface area (Å²) >= 11 is 0. The average Bonchev–Trinajstić information content (AvgIpc) is 2.77. The number of hydrogen-bond acceptors (Lipinski definition) is 0. The largest absolute Gasteiger partial charge is 0.103 e. The second-order valence-electron chi connectivity index (χ2n) is 11.5. The first kappa shape index (κ1) is 21.5. The predicted octanol–water partition coefficient (Wildman–Crippen LogP) is 8.42. The summed E-state index contributed by atoms with van der Waals surface area (Å²) in [5.74, 6) is 15.1. The standard InChI is InChI=1S/C29H46/c1-3-4-5-25-14-17-29-21-28(19-18-27(29)20-25)26-15-12-24(13-16-26)11-10-23-8-6-22(2)7-9-23/h3,22-29H,1,4-9,12-21H2,2H3. The Morgan fingerprint density at radius 2 is 1.17 bits per heavy atom. The summed E-state index contributed by atoms with van der Waals surface area (Å²) in [7, 11) is 0. The summed E-state index contributed by atoms with van der Waals surface area (Å²) in [6, 6.07) is 0. The van der Waals surface area contributed by atoms with Gasteiger partial charge in [-0.05, 0) is 132 Å². The molecule has 4 fully saturated rings. The van der Waals surface area contributed by atoms with Crippen molar-refractivity contribution in [3.05, 3.63) is 12.7 Å². The molecule has 0 aromatic carbocycles. The van der Waals surface area contributed by atoms with Crippen LogP contribution < -0.4 is 0 Å². The number of rotatable bonds is 4. The van der Waals surface area contributed by atoms with Gasteiger partial charge in [0.2, 0.25) is 0 Å². The molecular weight excluding hydrogens is 348 g/mol. The minimum atomic E-state index is 0.723. The van der Waals surface area contributed by atoms with E-state index in [0.29, 0.717) is 0 Å². The lowest BCUT2D eigenvalue weighted by atomic mass is 9.60. The highest BCUT2D eigenvalue weighted by Gasteiger charge is 2.38. The van der Waals surface area contributed by atoms with Crippen molar-refractivity contribution in [2.24, 2.45) is 47.3 Å². The van der Waals surface area contributed by atoms with Crippen LogP contribution in [0.3, 0.4) is 0 Å². The molecule has 0 saturated heterocycles. The van der Waals surface area contributed by atoms with Crippen molar-refractivity contribution in [3.8, 4) is 11.8 Å². The first-order chi connectivity index (χ1) is 14.2. The Balaban J connectivity index is 1.19. The molecule has 0 nitrogen and oxygen atoms in total. The fraction of sp³-hybridized carbons (Fsp3) is 0.862. The van der Waals surface area contributed by atoms with Gasteiger partial charge in [-0.3, -0.25) is 0 Å². The normalized spacial score (nSPS) is 42.9. The molecule has 162 valence electrons. The van der Waals surface area contributed by atoms with Gasteiger partial charge < -0.3 is 0 Å². The van der Waals surface area contributed by atoms with Gasteiger partial charge in [0.1, 0.15) is 0 Å². The number of fused-ring (bicyclic) bond motifs is 1. The van der Waals surface area contributed by atoms with Crippen molar-refractivity contribution >= 4 is 0 Å². The molecule has 4 atom stereocenters. The Kier molecular flexibility index (Phi) is 7.83. The first-order valence-corrected chi connectivity index (χ1v) is 13.3. The van der Waals surface area contributed by atoms with Crippen LogP contribution in [0.1, 0.15) is 110 Å². The van der Waals surface area contributed by atoms with Crippen LogP contribution in [0.2, 0.25) is 0 Å². The van der Waals surface area contributed by atoms with Crippen molar-refractivity contribution in [2.45, 2.75) is 110 Å². The summed E-state index contributed by atoms with van der Waals surface area (Å²) in [6.45, 7) is 6.33. The van der Waals surface area contributed by atoms with Crippen LogP contribution >= 0.6 is 0 Å². The fourth-order valence-electron chi connectivity index (χ4n) is 7.44. The topological polar surface area (TPSA) is 0 Å². The van der Waals surface area contributed by atoms with E-state index in [9.17, 15) is 0 Å². The molecule has 4 aliphatic carbocycles. The van der Waals surface area contributed by atoms with Gasteiger partial charge >= 0.3 is 0 Å². The van der Waals surface area contributed by atoms with Gasteiger partial charge in [-0.1, -0.05) is 31.3 Å². The third-order valence-electron chi connectivity index (χ3n) is 9.49. The maximum absolute atomic E-state index is 3.92. The summed E-state index contributed by atoms with van der Waals surface area (Å²) in [6.07, 6.45) is 25.3. The predicted molar refractivity (Wildman–Crippen MR) is 125 cm³/mol. The van der Waals surface area contributed by atoms with Gasteiger partial charge in [0.05, 0.1) is 0 Å². The molecule has 29 heavy (non-hydrogen) atoms. The van der Waals surface area contributed by atoms with Crippen LogP contribution in [0.5, 0.6) is 0 Å². The monoisotopic (exact) mass is 394 g/mol. The van der Waals surface area contributed by atoms with Crippen LogP contribution in [0, 0.1) is 59.2 Å². The average molecular weight is 395 g/mol. The highest BCUT2D eigenvalue weighted by atomic mass is 14.4. The van der Waals surface area contributed by atoms with Crippen molar-refractivity contribution in [3.63, 3.8) is 0 Å². The number of allylic oxidation sites excluding steroid dienone is 1. The summed E-state index contributed by atoms with van der Waals surface area (Å²) in [5, 5.41) is 0. The van der Waals surface area contributed by atoms with E-state index in [4.69, 9.17) is 0 Å². The van der Waals surface area contributed by atoms with Crippen molar-refractivity contribution in [1.29, 1.82) is 0 Å². The van der Waals surface area contributed by atoms with E-state index in [-0.39, 0.29) is 0 Å². The molecule has 4 rings (SSSR count). The molecule has 4 aliphatic rings. The Morgan fingerprint density at radius 1 is 0.655 bits per heavy atom. The van der Waals surface area contributed by atoms with Crippen molar-refractivity contribution < 1.29 is 0 Å². The third-order valence-corrected chi connectivity index (χ3v) is 9.49. The third kappa shape index (κ3) is 5.93.